The van der Waals surface area contributed by atoms with Crippen LogP contribution in [0.15, 0.2) is 4.99 Å². The van der Waals surface area contributed by atoms with Crippen molar-refractivity contribution in [1.29, 1.82) is 0 Å². The normalized spacial score (nSPS) is 14.3. The number of nitrogens with two attached hydrogens (primary N) is 4. The van der Waals surface area contributed by atoms with Crippen LogP contribution in [0.5, 0.6) is 0 Å². The number of hydrogen-bond acceptors (Lipinski definition) is 8. The first kappa shape index (κ1) is 29.9. The van der Waals surface area contributed by atoms with Crippen LogP contribution in [0.4, 0.5) is 0 Å². The fraction of sp³-hybridized carbons (Fsp3) is 0.667. The smallest absolute Gasteiger partial charge is 0.326 e. The Bertz CT molecular complexity index is 743. The molecule has 0 fully saturated rings. The molecule has 0 aromatic heterocycles. The second-order valence-corrected chi connectivity index (χ2v) is 7.96. The molecule has 0 aliphatic heterocycles. The maximum atomic E-state index is 12.7. The van der Waals surface area contributed by atoms with Crippen molar-refractivity contribution in [1.82, 2.24) is 16.0 Å². The molecule has 0 radical (unpaired) electrons. The average Bonchev–Trinajstić information content (AvgIpc) is 2.71. The van der Waals surface area contributed by atoms with Gasteiger partial charge in [-0.1, -0.05) is 13.8 Å². The highest BCUT2D eigenvalue weighted by molar-refractivity contribution is 7.80. The number of thiol groups is 1. The second-order valence-electron chi connectivity index (χ2n) is 7.60. The van der Waals surface area contributed by atoms with Gasteiger partial charge in [0.15, 0.2) is 5.96 Å². The summed E-state index contributed by atoms with van der Waals surface area (Å²) >= 11 is 4.06. The predicted molar refractivity (Wildman–Crippen MR) is 124 cm³/mol. The van der Waals surface area contributed by atoms with Gasteiger partial charge in [-0.3, -0.25) is 24.2 Å². The number of hydrogen-bond donors (Lipinski definition) is 9. The molecule has 0 heterocycles. The molecular formula is C18H34N8O6S. The van der Waals surface area contributed by atoms with Crippen molar-refractivity contribution in [3.63, 3.8) is 0 Å². The maximum absolute atomic E-state index is 12.7. The largest absolute Gasteiger partial charge is 0.480 e. The van der Waals surface area contributed by atoms with E-state index in [0.717, 1.165) is 0 Å². The third kappa shape index (κ3) is 11.9. The summed E-state index contributed by atoms with van der Waals surface area (Å²) in [5, 5.41) is 16.3. The molecule has 0 bridgehead atoms. The van der Waals surface area contributed by atoms with Gasteiger partial charge in [-0.25, -0.2) is 4.79 Å². The first-order valence-electron chi connectivity index (χ1n) is 10.1. The van der Waals surface area contributed by atoms with Crippen LogP contribution in [0, 0.1) is 5.92 Å². The monoisotopic (exact) mass is 490 g/mol. The second kappa shape index (κ2) is 14.9. The number of carboxylic acids is 1. The molecule has 0 saturated heterocycles. The van der Waals surface area contributed by atoms with Crippen molar-refractivity contribution in [2.75, 3.05) is 12.3 Å². The minimum Gasteiger partial charge on any atom is -0.480 e. The zero-order valence-electron chi connectivity index (χ0n) is 18.6. The van der Waals surface area contributed by atoms with E-state index in [4.69, 9.17) is 28.0 Å². The lowest BCUT2D eigenvalue weighted by Gasteiger charge is -2.26. The summed E-state index contributed by atoms with van der Waals surface area (Å²) in [6, 6.07) is -4.74. The topological polar surface area (TPSA) is 258 Å². The van der Waals surface area contributed by atoms with Crippen molar-refractivity contribution in [3.05, 3.63) is 0 Å². The predicted octanol–water partition coefficient (Wildman–Crippen LogP) is -3.63. The van der Waals surface area contributed by atoms with Gasteiger partial charge >= 0.3 is 5.97 Å². The fourth-order valence-corrected chi connectivity index (χ4v) is 2.83. The number of rotatable bonds is 15. The summed E-state index contributed by atoms with van der Waals surface area (Å²) in [4.78, 5) is 63.6. The summed E-state index contributed by atoms with van der Waals surface area (Å²) in [6.45, 7) is 3.53. The van der Waals surface area contributed by atoms with Crippen LogP contribution in [0.1, 0.15) is 33.1 Å². The molecular weight excluding hydrogens is 456 g/mol. The number of amides is 4. The molecule has 188 valence electrons. The summed E-state index contributed by atoms with van der Waals surface area (Å²) < 4.78 is 0. The molecule has 0 aliphatic rings. The molecule has 12 N–H and O–H groups in total. The van der Waals surface area contributed by atoms with E-state index in [1.807, 2.05) is 0 Å². The van der Waals surface area contributed by atoms with E-state index < -0.39 is 66.1 Å². The molecule has 0 spiro atoms. The van der Waals surface area contributed by atoms with Gasteiger partial charge in [0, 0.05) is 12.3 Å². The number of aliphatic carboxylic acids is 1. The number of nitrogens with zero attached hydrogens (tertiary/aromatic N) is 1. The van der Waals surface area contributed by atoms with Gasteiger partial charge in [-0.2, -0.15) is 12.6 Å². The lowest BCUT2D eigenvalue weighted by Crippen LogP contribution is -2.59. The first-order valence-corrected chi connectivity index (χ1v) is 10.8. The minimum atomic E-state index is -1.55. The van der Waals surface area contributed by atoms with Gasteiger partial charge in [0.2, 0.25) is 23.6 Å². The summed E-state index contributed by atoms with van der Waals surface area (Å²) in [5.41, 5.74) is 21.3. The molecule has 0 aromatic rings. The van der Waals surface area contributed by atoms with Crippen molar-refractivity contribution in [2.45, 2.75) is 57.3 Å². The van der Waals surface area contributed by atoms with Gasteiger partial charge in [0.05, 0.1) is 12.5 Å². The number of carboxylic acid groups (broad SMARTS) is 1. The average molecular weight is 491 g/mol. The van der Waals surface area contributed by atoms with E-state index in [-0.39, 0.29) is 24.7 Å². The van der Waals surface area contributed by atoms with Gasteiger partial charge < -0.3 is 44.0 Å². The van der Waals surface area contributed by atoms with E-state index >= 15 is 0 Å². The number of aliphatic imine (C=N–C) groups is 1. The van der Waals surface area contributed by atoms with Gasteiger partial charge in [-0.15, -0.1) is 0 Å². The lowest BCUT2D eigenvalue weighted by atomic mass is 10.0. The Hall–Kier alpha value is -3.07. The molecule has 0 rings (SSSR count). The Kier molecular flexibility index (Phi) is 13.5. The van der Waals surface area contributed by atoms with Crippen LogP contribution in [-0.2, 0) is 24.0 Å². The van der Waals surface area contributed by atoms with Gasteiger partial charge in [0.25, 0.3) is 0 Å². The summed E-state index contributed by atoms with van der Waals surface area (Å²) in [6.07, 6.45) is 0.0864. The molecule has 4 amide bonds. The number of carbonyl (C=O) groups excluding carboxylic acids is 4. The SMILES string of the molecule is CC(C)C(NC(=O)C(CS)NC(=O)C(N)CCCN=C(N)N)C(=O)NC(CC(N)=O)C(=O)O. The molecule has 4 unspecified atom stereocenters. The van der Waals surface area contributed by atoms with E-state index in [2.05, 4.69) is 33.6 Å². The Balaban J connectivity index is 5.07. The zero-order valence-corrected chi connectivity index (χ0v) is 19.5. The van der Waals surface area contributed by atoms with E-state index in [1.165, 1.54) is 0 Å². The highest BCUT2D eigenvalue weighted by Gasteiger charge is 2.32. The molecule has 0 aromatic carbocycles. The summed E-state index contributed by atoms with van der Waals surface area (Å²) in [5.74, 6) is -5.14. The molecule has 14 nitrogen and oxygen atoms in total. The number of nitrogens with one attached hydrogen (secondary N) is 3. The van der Waals surface area contributed by atoms with Gasteiger partial charge in [0.1, 0.15) is 18.1 Å². The standard InChI is InChI=1S/C18H34N8O6S/c1-8(2)13(16(30)24-10(17(31)32)6-12(20)27)26-15(29)11(7-33)25-14(28)9(19)4-3-5-23-18(21)22/h8-11,13,33H,3-7,19H2,1-2H3,(H2,20,27)(H,24,30)(H,25,28)(H,26,29)(H,31,32)(H4,21,22,23). The lowest BCUT2D eigenvalue weighted by molar-refractivity contribution is -0.144. The molecule has 0 aliphatic carbocycles. The van der Waals surface area contributed by atoms with Crippen molar-refractivity contribution >= 4 is 48.2 Å². The highest BCUT2D eigenvalue weighted by atomic mass is 32.1. The molecule has 33 heavy (non-hydrogen) atoms. The van der Waals surface area contributed by atoms with Crippen LogP contribution < -0.4 is 38.9 Å². The van der Waals surface area contributed by atoms with E-state index in [0.29, 0.717) is 6.42 Å². The Labute approximate surface area is 197 Å². The Morgan fingerprint density at radius 1 is 0.939 bits per heavy atom. The van der Waals surface area contributed by atoms with E-state index in [9.17, 15) is 24.0 Å². The number of carbonyl (C=O) groups is 5. The Morgan fingerprint density at radius 3 is 1.97 bits per heavy atom. The van der Waals surface area contributed by atoms with Crippen LogP contribution in [0.3, 0.4) is 0 Å². The van der Waals surface area contributed by atoms with E-state index in [1.54, 1.807) is 13.8 Å². The maximum Gasteiger partial charge on any atom is 0.326 e. The molecule has 4 atom stereocenters. The highest BCUT2D eigenvalue weighted by Crippen LogP contribution is 2.05. The molecule has 15 heteroatoms. The van der Waals surface area contributed by atoms with Crippen molar-refractivity contribution in [3.8, 4) is 0 Å². The third-order valence-corrected chi connectivity index (χ3v) is 4.75. The minimum absolute atomic E-state index is 0.0760. The molecule has 0 saturated carbocycles. The third-order valence-electron chi connectivity index (χ3n) is 4.39. The fourth-order valence-electron chi connectivity index (χ4n) is 2.57. The first-order chi connectivity index (χ1) is 15.3. The van der Waals surface area contributed by atoms with Crippen molar-refractivity contribution < 1.29 is 29.1 Å². The van der Waals surface area contributed by atoms with Crippen LogP contribution in [0.2, 0.25) is 0 Å². The summed E-state index contributed by atoms with van der Waals surface area (Å²) in [7, 11) is 0. The Morgan fingerprint density at radius 2 is 1.52 bits per heavy atom. The van der Waals surface area contributed by atoms with Crippen molar-refractivity contribution in [2.24, 2.45) is 33.8 Å². The number of guanidine groups is 1. The van der Waals surface area contributed by atoms with Crippen LogP contribution in [-0.4, -0.2) is 77.1 Å². The zero-order chi connectivity index (χ0) is 25.7. The number of primary amides is 1. The van der Waals surface area contributed by atoms with Crippen LogP contribution >= 0.6 is 12.6 Å². The quantitative estimate of drug-likeness (QED) is 0.0474. The van der Waals surface area contributed by atoms with Crippen LogP contribution in [0.25, 0.3) is 0 Å². The van der Waals surface area contributed by atoms with Gasteiger partial charge in [-0.05, 0) is 18.8 Å².